The van der Waals surface area contributed by atoms with Crippen LogP contribution in [0.2, 0.25) is 0 Å². The van der Waals surface area contributed by atoms with Crippen LogP contribution >= 0.6 is 0 Å². The van der Waals surface area contributed by atoms with Crippen LogP contribution in [0.25, 0.3) is 0 Å². The van der Waals surface area contributed by atoms with Gasteiger partial charge in [0.2, 0.25) is 11.8 Å². The van der Waals surface area contributed by atoms with Crippen molar-refractivity contribution in [3.8, 4) is 0 Å². The number of carbonyl (C=O) groups excluding carboxylic acids is 3. The highest BCUT2D eigenvalue weighted by molar-refractivity contribution is 5.90. The Balaban J connectivity index is 1.33. The Morgan fingerprint density at radius 1 is 1.03 bits per heavy atom. The van der Waals surface area contributed by atoms with E-state index in [9.17, 15) is 14.4 Å². The third-order valence-electron chi connectivity index (χ3n) is 4.82. The molecular weight excluding hydrogens is 382 g/mol. The van der Waals surface area contributed by atoms with E-state index in [1.54, 1.807) is 0 Å². The van der Waals surface area contributed by atoms with Crippen molar-refractivity contribution >= 4 is 23.6 Å². The maximum absolute atomic E-state index is 12.2. The monoisotopic (exact) mass is 409 g/mol. The summed E-state index contributed by atoms with van der Waals surface area (Å²) in [5, 5.41) is 5.51. The Morgan fingerprint density at radius 3 is 2.60 bits per heavy atom. The van der Waals surface area contributed by atoms with Crippen molar-refractivity contribution in [3.05, 3.63) is 65.7 Å². The second kappa shape index (κ2) is 11.0. The lowest BCUT2D eigenvalue weighted by Crippen LogP contribution is -2.26. The molecule has 0 spiro atoms. The molecule has 2 aromatic rings. The number of alkyl carbamates (subject to hydrolysis) is 1. The van der Waals surface area contributed by atoms with Gasteiger partial charge in [-0.3, -0.25) is 9.59 Å². The van der Waals surface area contributed by atoms with Crippen LogP contribution in [0.15, 0.2) is 54.6 Å². The van der Waals surface area contributed by atoms with Gasteiger partial charge in [0.25, 0.3) is 0 Å². The van der Waals surface area contributed by atoms with Crippen molar-refractivity contribution in [2.45, 2.75) is 38.8 Å². The van der Waals surface area contributed by atoms with E-state index in [2.05, 4.69) is 10.6 Å². The van der Waals surface area contributed by atoms with Gasteiger partial charge in [-0.1, -0.05) is 42.5 Å². The number of anilines is 1. The fraction of sp³-hybridized carbons (Fsp3) is 0.348. The zero-order valence-corrected chi connectivity index (χ0v) is 16.9. The molecule has 2 aromatic carbocycles. The molecule has 7 heteroatoms. The number of rotatable bonds is 9. The Bertz CT molecular complexity index is 870. The molecule has 2 N–H and O–H groups in total. The molecule has 1 heterocycles. The van der Waals surface area contributed by atoms with Gasteiger partial charge in [-0.2, -0.15) is 0 Å². The first-order chi connectivity index (χ1) is 14.6. The van der Waals surface area contributed by atoms with E-state index in [-0.39, 0.29) is 24.8 Å². The zero-order chi connectivity index (χ0) is 21.2. The van der Waals surface area contributed by atoms with Crippen molar-refractivity contribution in [1.82, 2.24) is 10.2 Å². The molecule has 0 saturated carbocycles. The average Bonchev–Trinajstić information content (AvgIpc) is 3.15. The van der Waals surface area contributed by atoms with Crippen molar-refractivity contribution in [2.24, 2.45) is 0 Å². The molecule has 158 valence electrons. The number of ether oxygens (including phenoxy) is 1. The number of likely N-dealkylation sites (tertiary alicyclic amines) is 1. The van der Waals surface area contributed by atoms with Crippen LogP contribution in [-0.4, -0.2) is 35.9 Å². The van der Waals surface area contributed by atoms with Gasteiger partial charge >= 0.3 is 6.09 Å². The molecule has 0 aromatic heterocycles. The van der Waals surface area contributed by atoms with Gasteiger partial charge in [0.05, 0.1) is 0 Å². The van der Waals surface area contributed by atoms with Crippen LogP contribution in [0.4, 0.5) is 10.5 Å². The first-order valence-electron chi connectivity index (χ1n) is 10.2. The summed E-state index contributed by atoms with van der Waals surface area (Å²) in [5.41, 5.74) is 2.62. The molecule has 0 unspecified atom stereocenters. The van der Waals surface area contributed by atoms with Gasteiger partial charge in [0.1, 0.15) is 6.61 Å². The molecule has 0 radical (unpaired) electrons. The number of nitrogens with zero attached hydrogens (tertiary/aromatic N) is 1. The summed E-state index contributed by atoms with van der Waals surface area (Å²) >= 11 is 0. The molecule has 30 heavy (non-hydrogen) atoms. The fourth-order valence-corrected chi connectivity index (χ4v) is 3.28. The molecule has 0 aliphatic carbocycles. The van der Waals surface area contributed by atoms with Crippen LogP contribution < -0.4 is 10.6 Å². The van der Waals surface area contributed by atoms with Crippen LogP contribution in [0, 0.1) is 0 Å². The lowest BCUT2D eigenvalue weighted by Gasteiger charge is -2.16. The molecule has 1 saturated heterocycles. The van der Waals surface area contributed by atoms with Gasteiger partial charge in [0.15, 0.2) is 0 Å². The largest absolute Gasteiger partial charge is 0.445 e. The first-order valence-corrected chi connectivity index (χ1v) is 10.2. The maximum atomic E-state index is 12.2. The van der Waals surface area contributed by atoms with E-state index in [1.165, 1.54) is 0 Å². The summed E-state index contributed by atoms with van der Waals surface area (Å²) in [5.74, 6) is 0.0584. The molecule has 3 amide bonds. The minimum atomic E-state index is -0.497. The molecule has 1 aliphatic rings. The van der Waals surface area contributed by atoms with Crippen molar-refractivity contribution in [1.29, 1.82) is 0 Å². The lowest BCUT2D eigenvalue weighted by molar-refractivity contribution is -0.128. The normalized spacial score (nSPS) is 13.2. The summed E-state index contributed by atoms with van der Waals surface area (Å²) in [7, 11) is 0. The van der Waals surface area contributed by atoms with Crippen molar-refractivity contribution < 1.29 is 19.1 Å². The Morgan fingerprint density at radius 2 is 1.83 bits per heavy atom. The number of carbonyl (C=O) groups is 3. The maximum Gasteiger partial charge on any atom is 0.407 e. The van der Waals surface area contributed by atoms with Crippen molar-refractivity contribution in [2.75, 3.05) is 18.4 Å². The topological polar surface area (TPSA) is 87.7 Å². The summed E-state index contributed by atoms with van der Waals surface area (Å²) in [6.07, 6.45) is 1.82. The van der Waals surface area contributed by atoms with Crippen LogP contribution in [0.5, 0.6) is 0 Å². The summed E-state index contributed by atoms with van der Waals surface area (Å²) < 4.78 is 5.13. The van der Waals surface area contributed by atoms with Crippen LogP contribution in [0.3, 0.4) is 0 Å². The van der Waals surface area contributed by atoms with Crippen LogP contribution in [-0.2, 0) is 27.5 Å². The predicted molar refractivity (Wildman–Crippen MR) is 114 cm³/mol. The molecular formula is C23H27N3O4. The van der Waals surface area contributed by atoms with E-state index in [4.69, 9.17) is 4.74 Å². The van der Waals surface area contributed by atoms with Gasteiger partial charge in [-0.25, -0.2) is 4.79 Å². The van der Waals surface area contributed by atoms with Gasteiger partial charge in [-0.15, -0.1) is 0 Å². The standard InChI is InChI=1S/C23H27N3O4/c27-21(11-5-13-24-23(29)30-17-18-7-2-1-3-8-18)25-20-10-4-9-19(15-20)16-26-14-6-12-22(26)28/h1-4,7-10,15H,5-6,11-14,16-17H2,(H,24,29)(H,25,27). The Kier molecular flexibility index (Phi) is 7.83. The molecule has 0 bridgehead atoms. The lowest BCUT2D eigenvalue weighted by atomic mass is 10.2. The Hall–Kier alpha value is -3.35. The number of benzene rings is 2. The van der Waals surface area contributed by atoms with E-state index in [1.807, 2.05) is 59.5 Å². The zero-order valence-electron chi connectivity index (χ0n) is 16.9. The van der Waals surface area contributed by atoms with Gasteiger partial charge in [0, 0.05) is 38.2 Å². The minimum absolute atomic E-state index is 0.121. The molecule has 0 atom stereocenters. The third kappa shape index (κ3) is 6.92. The highest BCUT2D eigenvalue weighted by atomic mass is 16.5. The Labute approximate surface area is 176 Å². The van der Waals surface area contributed by atoms with Gasteiger partial charge in [-0.05, 0) is 36.1 Å². The molecule has 1 aliphatic heterocycles. The summed E-state index contributed by atoms with van der Waals surface area (Å²) in [6, 6.07) is 17.0. The summed E-state index contributed by atoms with van der Waals surface area (Å²) in [6.45, 7) is 1.93. The number of nitrogens with one attached hydrogen (secondary N) is 2. The first kappa shape index (κ1) is 21.4. The van der Waals surface area contributed by atoms with E-state index < -0.39 is 6.09 Å². The molecule has 1 fully saturated rings. The molecule has 3 rings (SSSR count). The average molecular weight is 409 g/mol. The van der Waals surface area contributed by atoms with E-state index in [0.717, 1.165) is 24.1 Å². The highest BCUT2D eigenvalue weighted by Gasteiger charge is 2.20. The van der Waals surface area contributed by atoms with Gasteiger partial charge < -0.3 is 20.3 Å². The summed E-state index contributed by atoms with van der Waals surface area (Å²) in [4.78, 5) is 37.5. The fourth-order valence-electron chi connectivity index (χ4n) is 3.28. The second-order valence-electron chi connectivity index (χ2n) is 7.26. The van der Waals surface area contributed by atoms with E-state index >= 15 is 0 Å². The SMILES string of the molecule is O=C(CCCNC(=O)OCc1ccccc1)Nc1cccc(CN2CCCC2=O)c1. The van der Waals surface area contributed by atoms with Crippen LogP contribution in [0.1, 0.15) is 36.8 Å². The van der Waals surface area contributed by atoms with Crippen molar-refractivity contribution in [3.63, 3.8) is 0 Å². The molecule has 7 nitrogen and oxygen atoms in total. The quantitative estimate of drug-likeness (QED) is 0.621. The smallest absolute Gasteiger partial charge is 0.407 e. The number of amides is 3. The van der Waals surface area contributed by atoms with E-state index in [0.29, 0.717) is 31.6 Å². The third-order valence-corrected chi connectivity index (χ3v) is 4.82. The second-order valence-corrected chi connectivity index (χ2v) is 7.26. The highest BCUT2D eigenvalue weighted by Crippen LogP contribution is 2.17. The minimum Gasteiger partial charge on any atom is -0.445 e. The number of hydrogen-bond acceptors (Lipinski definition) is 4. The number of hydrogen-bond donors (Lipinski definition) is 2. The predicted octanol–water partition coefficient (Wildman–Crippen LogP) is 3.45.